The largest absolute Gasteiger partial charge is 0.442 e. The van der Waals surface area contributed by atoms with Crippen molar-refractivity contribution in [3.05, 3.63) is 12.7 Å². The van der Waals surface area contributed by atoms with Crippen molar-refractivity contribution >= 4 is 10.5 Å². The molecule has 0 saturated heterocycles. The topological polar surface area (TPSA) is 40.5 Å². The Morgan fingerprint density at radius 2 is 2.00 bits per heavy atom. The smallest absolute Gasteiger partial charge is 0.141 e. The summed E-state index contributed by atoms with van der Waals surface area (Å²) in [6.45, 7) is 3.62. The predicted molar refractivity (Wildman–Crippen MR) is 34.1 cm³/mol. The molecule has 7 heavy (non-hydrogen) atoms. The van der Waals surface area contributed by atoms with E-state index in [-0.39, 0.29) is 6.61 Å². The lowest BCUT2D eigenvalue weighted by molar-refractivity contribution is 0.303. The Labute approximate surface area is 47.0 Å². The SMILES string of the molecule is C=CCCO.O[SiH3]. The predicted octanol–water partition coefficient (Wildman–Crippen LogP) is -1.19. The molecular weight excluding hydrogens is 108 g/mol. The molecule has 2 N–H and O–H groups in total. The van der Waals surface area contributed by atoms with E-state index in [1.54, 1.807) is 6.08 Å². The molecule has 0 radical (unpaired) electrons. The molecule has 3 heteroatoms. The molecule has 0 heterocycles. The number of rotatable bonds is 2. The normalized spacial score (nSPS) is 6.57. The van der Waals surface area contributed by atoms with Crippen LogP contribution in [-0.2, 0) is 0 Å². The summed E-state index contributed by atoms with van der Waals surface area (Å²) in [6.07, 6.45) is 2.39. The van der Waals surface area contributed by atoms with E-state index in [0.717, 1.165) is 0 Å². The third kappa shape index (κ3) is 25.1. The molecule has 0 aliphatic rings. The Balaban J connectivity index is 0. The Hall–Kier alpha value is -0.123. The van der Waals surface area contributed by atoms with Gasteiger partial charge in [-0.3, -0.25) is 0 Å². The van der Waals surface area contributed by atoms with E-state index < -0.39 is 0 Å². The van der Waals surface area contributed by atoms with Crippen LogP contribution in [-0.4, -0.2) is 27.0 Å². The maximum absolute atomic E-state index is 8.00. The van der Waals surface area contributed by atoms with Gasteiger partial charge in [-0.05, 0) is 6.42 Å². The fourth-order valence-electron chi connectivity index (χ4n) is 0.0913. The first-order valence-corrected chi connectivity index (χ1v) is 2.97. The molecule has 0 spiro atoms. The maximum Gasteiger partial charge on any atom is 0.141 e. The van der Waals surface area contributed by atoms with E-state index in [1.165, 1.54) is 0 Å². The Morgan fingerprint density at radius 1 is 1.57 bits per heavy atom. The second-order valence-electron chi connectivity index (χ2n) is 0.801. The molecule has 0 fully saturated rings. The van der Waals surface area contributed by atoms with Gasteiger partial charge in [-0.15, -0.1) is 6.58 Å². The van der Waals surface area contributed by atoms with Crippen molar-refractivity contribution in [1.29, 1.82) is 0 Å². The molecule has 0 amide bonds. The number of hydrogen-bond acceptors (Lipinski definition) is 2. The molecule has 0 rings (SSSR count). The van der Waals surface area contributed by atoms with Crippen molar-refractivity contribution in [3.63, 3.8) is 0 Å². The molecule has 0 bridgehead atoms. The van der Waals surface area contributed by atoms with Gasteiger partial charge in [0.2, 0.25) is 0 Å². The maximum atomic E-state index is 8.00. The van der Waals surface area contributed by atoms with Gasteiger partial charge in [0.1, 0.15) is 10.5 Å². The van der Waals surface area contributed by atoms with Crippen LogP contribution in [0.2, 0.25) is 0 Å². The van der Waals surface area contributed by atoms with Gasteiger partial charge in [0, 0.05) is 6.61 Å². The first-order chi connectivity index (χ1) is 3.41. The molecule has 0 aromatic carbocycles. The summed E-state index contributed by atoms with van der Waals surface area (Å²) in [7, 11) is 0.306. The average Bonchev–Trinajstić information content (AvgIpc) is 1.75. The molecule has 44 valence electrons. The second-order valence-corrected chi connectivity index (χ2v) is 0.801. The van der Waals surface area contributed by atoms with E-state index in [0.29, 0.717) is 16.9 Å². The summed E-state index contributed by atoms with van der Waals surface area (Å²) >= 11 is 0. The molecule has 2 nitrogen and oxygen atoms in total. The molecule has 0 aliphatic carbocycles. The van der Waals surface area contributed by atoms with Gasteiger partial charge in [-0.1, -0.05) is 6.08 Å². The summed E-state index contributed by atoms with van der Waals surface area (Å²) in [5.74, 6) is 0. The van der Waals surface area contributed by atoms with Crippen molar-refractivity contribution in [2.45, 2.75) is 6.42 Å². The highest BCUT2D eigenvalue weighted by Crippen LogP contribution is 1.69. The molecule has 0 aliphatic heterocycles. The van der Waals surface area contributed by atoms with Gasteiger partial charge in [0.15, 0.2) is 0 Å². The van der Waals surface area contributed by atoms with E-state index >= 15 is 0 Å². The van der Waals surface area contributed by atoms with Crippen LogP contribution >= 0.6 is 0 Å². The molecule has 0 aromatic heterocycles. The van der Waals surface area contributed by atoms with Gasteiger partial charge in [0.05, 0.1) is 0 Å². The molecule has 0 aromatic rings. The fraction of sp³-hybridized carbons (Fsp3) is 0.500. The third-order valence-corrected chi connectivity index (χ3v) is 0.333. The van der Waals surface area contributed by atoms with Crippen molar-refractivity contribution in [3.8, 4) is 0 Å². The van der Waals surface area contributed by atoms with Crippen LogP contribution in [0.5, 0.6) is 0 Å². The van der Waals surface area contributed by atoms with Crippen LogP contribution in [0.3, 0.4) is 0 Å². The van der Waals surface area contributed by atoms with Crippen LogP contribution in [0, 0.1) is 0 Å². The molecule has 0 saturated carbocycles. The van der Waals surface area contributed by atoms with E-state index in [4.69, 9.17) is 9.90 Å². The van der Waals surface area contributed by atoms with Crippen LogP contribution in [0.25, 0.3) is 0 Å². The van der Waals surface area contributed by atoms with E-state index in [2.05, 4.69) is 6.58 Å². The minimum Gasteiger partial charge on any atom is -0.442 e. The standard InChI is InChI=1S/C4H8O.H4OSi/c1-2-3-4-5;1-2/h2,5H,1,3-4H2;1H,2H3. The Morgan fingerprint density at radius 3 is 2.00 bits per heavy atom. The zero-order valence-electron chi connectivity index (χ0n) is 4.59. The monoisotopic (exact) mass is 120 g/mol. The van der Waals surface area contributed by atoms with Crippen LogP contribution in [0.4, 0.5) is 0 Å². The summed E-state index contributed by atoms with van der Waals surface area (Å²) < 4.78 is 0. The highest BCUT2D eigenvalue weighted by atomic mass is 28.2. The summed E-state index contributed by atoms with van der Waals surface area (Å²) in [4.78, 5) is 7.14. The average molecular weight is 120 g/mol. The summed E-state index contributed by atoms with van der Waals surface area (Å²) in [5.41, 5.74) is 0. The minimum absolute atomic E-state index is 0.226. The van der Waals surface area contributed by atoms with E-state index in [1.807, 2.05) is 0 Å². The van der Waals surface area contributed by atoms with Crippen LogP contribution in [0.15, 0.2) is 12.7 Å². The van der Waals surface area contributed by atoms with Crippen LogP contribution < -0.4 is 0 Å². The molecule has 0 atom stereocenters. The fourth-order valence-corrected chi connectivity index (χ4v) is 0.0913. The lowest BCUT2D eigenvalue weighted by atomic mass is 10.5. The highest BCUT2D eigenvalue weighted by Gasteiger charge is 1.62. The lowest BCUT2D eigenvalue weighted by Gasteiger charge is -1.73. The molecule has 0 unspecified atom stereocenters. The van der Waals surface area contributed by atoms with Gasteiger partial charge in [-0.2, -0.15) is 0 Å². The van der Waals surface area contributed by atoms with Crippen molar-refractivity contribution < 1.29 is 9.90 Å². The second kappa shape index (κ2) is 16.9. The van der Waals surface area contributed by atoms with Gasteiger partial charge >= 0.3 is 0 Å². The molecular formula is C4H12O2Si. The first-order valence-electron chi connectivity index (χ1n) is 2.08. The number of aliphatic hydroxyl groups is 1. The Kier molecular flexibility index (Phi) is 24.1. The summed E-state index contributed by atoms with van der Waals surface area (Å²) in [5, 5.41) is 8.00. The van der Waals surface area contributed by atoms with Gasteiger partial charge in [0.25, 0.3) is 0 Å². The Bertz CT molecular complexity index is 30.9. The van der Waals surface area contributed by atoms with Crippen molar-refractivity contribution in [2.75, 3.05) is 6.61 Å². The number of hydrogen-bond donors (Lipinski definition) is 2. The quantitative estimate of drug-likeness (QED) is 0.355. The van der Waals surface area contributed by atoms with Gasteiger partial charge in [-0.25, -0.2) is 0 Å². The highest BCUT2D eigenvalue weighted by molar-refractivity contribution is 5.95. The summed E-state index contributed by atoms with van der Waals surface area (Å²) in [6, 6.07) is 0. The van der Waals surface area contributed by atoms with Crippen LogP contribution in [0.1, 0.15) is 6.42 Å². The van der Waals surface area contributed by atoms with E-state index in [9.17, 15) is 0 Å². The zero-order chi connectivity index (χ0) is 6.12. The lowest BCUT2D eigenvalue weighted by Crippen LogP contribution is -1.71. The third-order valence-electron chi connectivity index (χ3n) is 0.333. The van der Waals surface area contributed by atoms with Crippen molar-refractivity contribution in [1.82, 2.24) is 0 Å². The first kappa shape index (κ1) is 9.99. The number of aliphatic hydroxyl groups excluding tert-OH is 1. The van der Waals surface area contributed by atoms with Crippen molar-refractivity contribution in [2.24, 2.45) is 0 Å². The zero-order valence-corrected chi connectivity index (χ0v) is 6.59. The van der Waals surface area contributed by atoms with Gasteiger partial charge < -0.3 is 9.90 Å². The minimum atomic E-state index is 0.226.